The number of unbranched alkanes of at least 4 members (excludes halogenated alkanes) is 1. The molecule has 0 aliphatic heterocycles. The second-order valence-corrected chi connectivity index (χ2v) is 7.75. The Morgan fingerprint density at radius 2 is 1.68 bits per heavy atom. The minimum absolute atomic E-state index is 0.0485. The number of hydrogen-bond donors (Lipinski definition) is 3. The van der Waals surface area contributed by atoms with E-state index in [4.69, 9.17) is 5.11 Å². The summed E-state index contributed by atoms with van der Waals surface area (Å²) >= 11 is 0. The van der Waals surface area contributed by atoms with Gasteiger partial charge in [0, 0.05) is 19.3 Å². The first-order valence-corrected chi connectivity index (χ1v) is 10.3. The van der Waals surface area contributed by atoms with Gasteiger partial charge in [0.05, 0.1) is 12.2 Å². The van der Waals surface area contributed by atoms with Crippen molar-refractivity contribution in [1.82, 2.24) is 0 Å². The second kappa shape index (κ2) is 11.8. The Labute approximate surface area is 167 Å². The summed E-state index contributed by atoms with van der Waals surface area (Å²) in [6, 6.07) is 9.93. The van der Waals surface area contributed by atoms with Crippen LogP contribution in [0.4, 0.5) is 0 Å². The van der Waals surface area contributed by atoms with Crippen molar-refractivity contribution in [3.8, 4) is 0 Å². The average molecular weight is 389 g/mol. The molecule has 0 heterocycles. The number of Topliss-reactive ketones (excluding diaryl/α,β-unsaturated/α-hetero) is 1. The largest absolute Gasteiger partial charge is 0.481 e. The van der Waals surface area contributed by atoms with E-state index in [1.165, 1.54) is 0 Å². The molecule has 0 spiro atoms. The topological polar surface area (TPSA) is 94.8 Å². The van der Waals surface area contributed by atoms with Gasteiger partial charge in [-0.05, 0) is 55.9 Å². The average Bonchev–Trinajstić information content (AvgIpc) is 2.94. The molecule has 5 heteroatoms. The maximum absolute atomic E-state index is 12.2. The molecule has 1 fully saturated rings. The van der Waals surface area contributed by atoms with Crippen LogP contribution in [0.15, 0.2) is 42.5 Å². The highest BCUT2D eigenvalue weighted by molar-refractivity contribution is 5.78. The fourth-order valence-electron chi connectivity index (χ4n) is 4.03. The lowest BCUT2D eigenvalue weighted by Gasteiger charge is -2.22. The summed E-state index contributed by atoms with van der Waals surface area (Å²) in [5.74, 6) is -0.716. The van der Waals surface area contributed by atoms with Crippen LogP contribution in [-0.2, 0) is 16.0 Å². The Morgan fingerprint density at radius 3 is 2.39 bits per heavy atom. The number of benzene rings is 1. The molecular weight excluding hydrogens is 356 g/mol. The Hall–Kier alpha value is -1.98. The number of carbonyl (C=O) groups is 2. The molecule has 0 saturated heterocycles. The summed E-state index contributed by atoms with van der Waals surface area (Å²) in [6.45, 7) is 0. The monoisotopic (exact) mass is 388 g/mol. The van der Waals surface area contributed by atoms with Gasteiger partial charge in [-0.3, -0.25) is 9.59 Å². The molecule has 1 aromatic rings. The van der Waals surface area contributed by atoms with Gasteiger partial charge in [-0.2, -0.15) is 0 Å². The molecule has 3 N–H and O–H groups in total. The van der Waals surface area contributed by atoms with Crippen LogP contribution in [0.2, 0.25) is 0 Å². The lowest BCUT2D eigenvalue weighted by Crippen LogP contribution is -2.22. The number of aliphatic carboxylic acids is 1. The number of aryl methyl sites for hydroxylation is 1. The quantitative estimate of drug-likeness (QED) is 0.376. The lowest BCUT2D eigenvalue weighted by molar-refractivity contribution is -0.137. The molecule has 1 aromatic carbocycles. The number of carbonyl (C=O) groups excluding carboxylic acids is 1. The normalized spacial score (nSPS) is 24.6. The van der Waals surface area contributed by atoms with E-state index in [1.54, 1.807) is 0 Å². The van der Waals surface area contributed by atoms with E-state index in [2.05, 4.69) is 0 Å². The van der Waals surface area contributed by atoms with Gasteiger partial charge in [-0.25, -0.2) is 0 Å². The van der Waals surface area contributed by atoms with Gasteiger partial charge in [-0.1, -0.05) is 42.5 Å². The minimum Gasteiger partial charge on any atom is -0.481 e. The Balaban J connectivity index is 1.75. The van der Waals surface area contributed by atoms with Crippen LogP contribution in [0.5, 0.6) is 0 Å². The van der Waals surface area contributed by atoms with E-state index in [0.29, 0.717) is 44.9 Å². The molecule has 5 nitrogen and oxygen atoms in total. The molecule has 0 amide bonds. The highest BCUT2D eigenvalue weighted by Gasteiger charge is 2.40. The number of carboxylic acid groups (broad SMARTS) is 1. The number of aliphatic hydroxyl groups is 2. The molecule has 1 aliphatic rings. The molecule has 0 bridgehead atoms. The van der Waals surface area contributed by atoms with Gasteiger partial charge in [0.15, 0.2) is 0 Å². The Morgan fingerprint density at radius 1 is 0.964 bits per heavy atom. The van der Waals surface area contributed by atoms with Crippen LogP contribution >= 0.6 is 0 Å². The van der Waals surface area contributed by atoms with Crippen LogP contribution in [-0.4, -0.2) is 39.3 Å². The number of ketones is 1. The summed E-state index contributed by atoms with van der Waals surface area (Å²) in [4.78, 5) is 22.8. The zero-order valence-corrected chi connectivity index (χ0v) is 16.4. The number of aliphatic hydroxyl groups excluding tert-OH is 2. The maximum atomic E-state index is 12.2. The molecule has 0 unspecified atom stereocenters. The summed E-state index contributed by atoms with van der Waals surface area (Å²) in [7, 11) is 0. The van der Waals surface area contributed by atoms with E-state index < -0.39 is 18.2 Å². The van der Waals surface area contributed by atoms with Gasteiger partial charge in [0.1, 0.15) is 5.78 Å². The SMILES string of the molecule is O=C(O)CCC/C=C/C[C@H]1[C@H](CCC(=O)CCc2ccccc2)[C@H](O)C[C@H]1O. The highest BCUT2D eigenvalue weighted by atomic mass is 16.4. The lowest BCUT2D eigenvalue weighted by atomic mass is 9.86. The van der Waals surface area contributed by atoms with E-state index >= 15 is 0 Å². The molecule has 1 aliphatic carbocycles. The second-order valence-electron chi connectivity index (χ2n) is 7.75. The fraction of sp³-hybridized carbons (Fsp3) is 0.565. The van der Waals surface area contributed by atoms with Crippen LogP contribution in [0, 0.1) is 11.8 Å². The van der Waals surface area contributed by atoms with Crippen molar-refractivity contribution in [3.05, 3.63) is 48.0 Å². The molecule has 154 valence electrons. The van der Waals surface area contributed by atoms with Crippen LogP contribution in [0.1, 0.15) is 56.9 Å². The van der Waals surface area contributed by atoms with E-state index in [-0.39, 0.29) is 24.0 Å². The summed E-state index contributed by atoms with van der Waals surface area (Å²) < 4.78 is 0. The van der Waals surface area contributed by atoms with Crippen molar-refractivity contribution >= 4 is 11.8 Å². The number of allylic oxidation sites excluding steroid dienone is 2. The molecular formula is C23H32O5. The first-order chi connectivity index (χ1) is 13.5. The smallest absolute Gasteiger partial charge is 0.303 e. The molecule has 4 atom stereocenters. The molecule has 2 rings (SSSR count). The molecule has 0 radical (unpaired) electrons. The maximum Gasteiger partial charge on any atom is 0.303 e. The Kier molecular flexibility index (Phi) is 9.38. The predicted octanol–water partition coefficient (Wildman–Crippen LogP) is 3.53. The first kappa shape index (κ1) is 22.3. The van der Waals surface area contributed by atoms with Crippen molar-refractivity contribution in [2.45, 2.75) is 70.0 Å². The third-order valence-electron chi connectivity index (χ3n) is 5.65. The molecule has 0 aromatic heterocycles. The third-order valence-corrected chi connectivity index (χ3v) is 5.65. The van der Waals surface area contributed by atoms with E-state index in [9.17, 15) is 19.8 Å². The van der Waals surface area contributed by atoms with Crippen LogP contribution in [0.3, 0.4) is 0 Å². The standard InChI is InChI=1S/C23H32O5/c24-18(13-12-17-8-4-3-5-9-17)14-15-20-19(21(25)16-22(20)26)10-6-1-2-7-11-23(27)28/h1,3-6,8-9,19-22,25-26H,2,7,10-16H2,(H,27,28)/b6-1+/t19-,20-,21+,22+/m0/s1. The van der Waals surface area contributed by atoms with Crippen molar-refractivity contribution in [1.29, 1.82) is 0 Å². The number of rotatable bonds is 12. The first-order valence-electron chi connectivity index (χ1n) is 10.3. The summed E-state index contributed by atoms with van der Waals surface area (Å²) in [5.41, 5.74) is 1.15. The van der Waals surface area contributed by atoms with E-state index in [0.717, 1.165) is 12.0 Å². The summed E-state index contributed by atoms with van der Waals surface area (Å²) in [5, 5.41) is 29.2. The highest BCUT2D eigenvalue weighted by Crippen LogP contribution is 2.38. The van der Waals surface area contributed by atoms with Crippen molar-refractivity contribution in [2.75, 3.05) is 0 Å². The van der Waals surface area contributed by atoms with Gasteiger partial charge >= 0.3 is 5.97 Å². The van der Waals surface area contributed by atoms with Crippen molar-refractivity contribution in [2.24, 2.45) is 11.8 Å². The minimum atomic E-state index is -0.792. The van der Waals surface area contributed by atoms with Crippen molar-refractivity contribution in [3.63, 3.8) is 0 Å². The van der Waals surface area contributed by atoms with Gasteiger partial charge in [-0.15, -0.1) is 0 Å². The molecule has 28 heavy (non-hydrogen) atoms. The van der Waals surface area contributed by atoms with Gasteiger partial charge in [0.2, 0.25) is 0 Å². The van der Waals surface area contributed by atoms with Crippen LogP contribution in [0.25, 0.3) is 0 Å². The predicted molar refractivity (Wildman–Crippen MR) is 108 cm³/mol. The summed E-state index contributed by atoms with van der Waals surface area (Å²) in [6.07, 6.45) is 7.52. The third kappa shape index (κ3) is 7.56. The number of carboxylic acids is 1. The zero-order valence-electron chi connectivity index (χ0n) is 16.4. The van der Waals surface area contributed by atoms with Gasteiger partial charge < -0.3 is 15.3 Å². The zero-order chi connectivity index (χ0) is 20.4. The van der Waals surface area contributed by atoms with Crippen LogP contribution < -0.4 is 0 Å². The Bertz CT molecular complexity index is 640. The van der Waals surface area contributed by atoms with Gasteiger partial charge in [0.25, 0.3) is 0 Å². The van der Waals surface area contributed by atoms with Crippen molar-refractivity contribution < 1.29 is 24.9 Å². The molecule has 1 saturated carbocycles. The van der Waals surface area contributed by atoms with E-state index in [1.807, 2.05) is 42.5 Å². The fourth-order valence-corrected chi connectivity index (χ4v) is 4.03. The number of hydrogen-bond acceptors (Lipinski definition) is 4.